The Morgan fingerprint density at radius 1 is 0.806 bits per heavy atom. The lowest BCUT2D eigenvalue weighted by atomic mass is 10.1. The highest BCUT2D eigenvalue weighted by atomic mass is 16.5. The topological polar surface area (TPSA) is 57.2 Å². The van der Waals surface area contributed by atoms with Gasteiger partial charge in [0.2, 0.25) is 5.75 Å². The molecule has 3 rings (SSSR count). The highest BCUT2D eigenvalue weighted by Gasteiger charge is 2.20. The van der Waals surface area contributed by atoms with Crippen LogP contribution in [-0.4, -0.2) is 39.2 Å². The molecule has 0 spiro atoms. The molecule has 3 aromatic carbocycles. The SMILES string of the molecule is COc1ccc(CN(C)C(=O)c2cc(OC)c(OCc3ccccc3)c(OC)c2)cc1. The molecule has 0 bridgehead atoms. The van der Waals surface area contributed by atoms with Gasteiger partial charge in [-0.15, -0.1) is 0 Å². The first-order valence-electron chi connectivity index (χ1n) is 9.86. The monoisotopic (exact) mass is 421 g/mol. The van der Waals surface area contributed by atoms with Crippen LogP contribution in [0.4, 0.5) is 0 Å². The molecular formula is C25H27NO5. The maximum Gasteiger partial charge on any atom is 0.254 e. The van der Waals surface area contributed by atoms with E-state index in [1.54, 1.807) is 45.4 Å². The molecule has 0 radical (unpaired) electrons. The number of rotatable bonds is 9. The summed E-state index contributed by atoms with van der Waals surface area (Å²) in [5.41, 5.74) is 2.47. The predicted molar refractivity (Wildman–Crippen MR) is 119 cm³/mol. The summed E-state index contributed by atoms with van der Waals surface area (Å²) in [5.74, 6) is 1.97. The third-order valence-corrected chi connectivity index (χ3v) is 4.86. The molecule has 0 unspecified atom stereocenters. The summed E-state index contributed by atoms with van der Waals surface area (Å²) in [5, 5.41) is 0. The van der Waals surface area contributed by atoms with Gasteiger partial charge in [0.05, 0.1) is 21.3 Å². The summed E-state index contributed by atoms with van der Waals surface area (Å²) < 4.78 is 22.1. The van der Waals surface area contributed by atoms with Gasteiger partial charge in [-0.1, -0.05) is 42.5 Å². The van der Waals surface area contributed by atoms with Gasteiger partial charge in [0, 0.05) is 19.2 Å². The molecule has 3 aromatic rings. The van der Waals surface area contributed by atoms with Gasteiger partial charge >= 0.3 is 0 Å². The Balaban J connectivity index is 1.79. The van der Waals surface area contributed by atoms with Crippen molar-refractivity contribution in [3.63, 3.8) is 0 Å². The van der Waals surface area contributed by atoms with Crippen molar-refractivity contribution in [2.75, 3.05) is 28.4 Å². The minimum atomic E-state index is -0.151. The average Bonchev–Trinajstić information content (AvgIpc) is 2.82. The summed E-state index contributed by atoms with van der Waals surface area (Å²) in [6, 6.07) is 20.8. The van der Waals surface area contributed by atoms with Crippen molar-refractivity contribution < 1.29 is 23.7 Å². The van der Waals surface area contributed by atoms with Crippen LogP contribution in [0.25, 0.3) is 0 Å². The van der Waals surface area contributed by atoms with Crippen molar-refractivity contribution in [3.05, 3.63) is 83.4 Å². The Bertz CT molecular complexity index is 977. The van der Waals surface area contributed by atoms with Crippen LogP contribution in [0.15, 0.2) is 66.7 Å². The van der Waals surface area contributed by atoms with E-state index < -0.39 is 0 Å². The third kappa shape index (κ3) is 5.48. The number of carbonyl (C=O) groups excluding carboxylic acids is 1. The third-order valence-electron chi connectivity index (χ3n) is 4.86. The van der Waals surface area contributed by atoms with E-state index in [4.69, 9.17) is 18.9 Å². The number of hydrogen-bond acceptors (Lipinski definition) is 5. The summed E-state index contributed by atoms with van der Waals surface area (Å²) in [4.78, 5) is 14.7. The minimum absolute atomic E-state index is 0.151. The van der Waals surface area contributed by atoms with E-state index >= 15 is 0 Å². The van der Waals surface area contributed by atoms with Gasteiger partial charge in [0.15, 0.2) is 11.5 Å². The van der Waals surface area contributed by atoms with E-state index in [0.29, 0.717) is 36.0 Å². The van der Waals surface area contributed by atoms with E-state index in [2.05, 4.69) is 0 Å². The lowest BCUT2D eigenvalue weighted by molar-refractivity contribution is 0.0784. The smallest absolute Gasteiger partial charge is 0.254 e. The van der Waals surface area contributed by atoms with Gasteiger partial charge in [-0.3, -0.25) is 4.79 Å². The number of methoxy groups -OCH3 is 3. The van der Waals surface area contributed by atoms with Gasteiger partial charge in [-0.05, 0) is 35.4 Å². The molecule has 0 atom stereocenters. The minimum Gasteiger partial charge on any atom is -0.497 e. The van der Waals surface area contributed by atoms with E-state index in [9.17, 15) is 4.79 Å². The standard InChI is InChI=1S/C25H27NO5/c1-26(16-18-10-12-21(28-2)13-11-18)25(27)20-14-22(29-3)24(23(15-20)30-4)31-17-19-8-6-5-7-9-19/h5-15H,16-17H2,1-4H3. The fraction of sp³-hybridized carbons (Fsp3) is 0.240. The number of amides is 1. The van der Waals surface area contributed by atoms with Gasteiger partial charge in [-0.2, -0.15) is 0 Å². The van der Waals surface area contributed by atoms with Crippen molar-refractivity contribution in [2.24, 2.45) is 0 Å². The second kappa shape index (κ2) is 10.4. The van der Waals surface area contributed by atoms with E-state index in [-0.39, 0.29) is 5.91 Å². The summed E-state index contributed by atoms with van der Waals surface area (Å²) in [6.07, 6.45) is 0. The van der Waals surface area contributed by atoms with Crippen LogP contribution >= 0.6 is 0 Å². The number of benzene rings is 3. The second-order valence-corrected chi connectivity index (χ2v) is 6.99. The summed E-state index contributed by atoms with van der Waals surface area (Å²) in [6.45, 7) is 0.817. The van der Waals surface area contributed by atoms with Gasteiger partial charge < -0.3 is 23.8 Å². The van der Waals surface area contributed by atoms with Crippen LogP contribution in [-0.2, 0) is 13.2 Å². The zero-order chi connectivity index (χ0) is 22.2. The average molecular weight is 421 g/mol. The van der Waals surface area contributed by atoms with E-state index in [1.807, 2.05) is 54.6 Å². The number of ether oxygens (including phenoxy) is 4. The first kappa shape index (κ1) is 22.0. The normalized spacial score (nSPS) is 10.3. The Kier molecular flexibility index (Phi) is 7.38. The zero-order valence-electron chi connectivity index (χ0n) is 18.3. The largest absolute Gasteiger partial charge is 0.497 e. The molecule has 6 heteroatoms. The molecule has 6 nitrogen and oxygen atoms in total. The zero-order valence-corrected chi connectivity index (χ0v) is 18.3. The van der Waals surface area contributed by atoms with Crippen molar-refractivity contribution in [1.29, 1.82) is 0 Å². The number of hydrogen-bond donors (Lipinski definition) is 0. The van der Waals surface area contributed by atoms with Crippen molar-refractivity contribution in [1.82, 2.24) is 4.90 Å². The van der Waals surface area contributed by atoms with Crippen molar-refractivity contribution >= 4 is 5.91 Å². The van der Waals surface area contributed by atoms with Crippen molar-refractivity contribution in [3.8, 4) is 23.0 Å². The summed E-state index contributed by atoms with van der Waals surface area (Å²) in [7, 11) is 6.46. The molecule has 0 N–H and O–H groups in total. The Hall–Kier alpha value is -3.67. The lowest BCUT2D eigenvalue weighted by Crippen LogP contribution is -2.26. The highest BCUT2D eigenvalue weighted by molar-refractivity contribution is 5.95. The Labute approximate surface area is 182 Å². The Morgan fingerprint density at radius 3 is 1.97 bits per heavy atom. The lowest BCUT2D eigenvalue weighted by Gasteiger charge is -2.20. The van der Waals surface area contributed by atoms with Crippen LogP contribution in [0.5, 0.6) is 23.0 Å². The number of nitrogens with zero attached hydrogens (tertiary/aromatic N) is 1. The van der Waals surface area contributed by atoms with Crippen LogP contribution in [0, 0.1) is 0 Å². The van der Waals surface area contributed by atoms with Gasteiger partial charge in [0.25, 0.3) is 5.91 Å². The van der Waals surface area contributed by atoms with Gasteiger partial charge in [0.1, 0.15) is 12.4 Å². The van der Waals surface area contributed by atoms with Crippen LogP contribution in [0.3, 0.4) is 0 Å². The number of carbonyl (C=O) groups is 1. The first-order chi connectivity index (χ1) is 15.0. The molecule has 1 amide bonds. The molecule has 0 aliphatic rings. The molecule has 162 valence electrons. The molecule has 0 fully saturated rings. The van der Waals surface area contributed by atoms with Crippen molar-refractivity contribution in [2.45, 2.75) is 13.2 Å². The molecule has 0 aromatic heterocycles. The maximum atomic E-state index is 13.0. The van der Waals surface area contributed by atoms with E-state index in [1.165, 1.54) is 0 Å². The second-order valence-electron chi connectivity index (χ2n) is 6.99. The first-order valence-corrected chi connectivity index (χ1v) is 9.86. The predicted octanol–water partition coefficient (Wildman–Crippen LogP) is 4.56. The molecule has 0 saturated heterocycles. The molecule has 0 aliphatic carbocycles. The maximum absolute atomic E-state index is 13.0. The molecule has 0 aliphatic heterocycles. The molecule has 0 saturated carbocycles. The van der Waals surface area contributed by atoms with E-state index in [0.717, 1.165) is 16.9 Å². The fourth-order valence-electron chi connectivity index (χ4n) is 3.17. The summed E-state index contributed by atoms with van der Waals surface area (Å²) >= 11 is 0. The quantitative estimate of drug-likeness (QED) is 0.507. The molecule has 0 heterocycles. The molecular weight excluding hydrogens is 394 g/mol. The molecule has 31 heavy (non-hydrogen) atoms. The highest BCUT2D eigenvalue weighted by Crippen LogP contribution is 2.39. The van der Waals surface area contributed by atoms with Crippen LogP contribution in [0.1, 0.15) is 21.5 Å². The van der Waals surface area contributed by atoms with Gasteiger partial charge in [-0.25, -0.2) is 0 Å². The van der Waals surface area contributed by atoms with Crippen LogP contribution < -0.4 is 18.9 Å². The fourth-order valence-corrected chi connectivity index (χ4v) is 3.17. The van der Waals surface area contributed by atoms with Crippen LogP contribution in [0.2, 0.25) is 0 Å². The Morgan fingerprint density at radius 2 is 1.42 bits per heavy atom.